The fraction of sp³-hybridized carbons (Fsp3) is 0.167. The fourth-order valence-electron chi connectivity index (χ4n) is 2.54. The van der Waals surface area contributed by atoms with E-state index in [2.05, 4.69) is 47.6 Å². The molecule has 0 fully saturated rings. The molecule has 0 radical (unpaired) electrons. The van der Waals surface area contributed by atoms with Gasteiger partial charge in [0.1, 0.15) is 5.82 Å². The molecule has 0 spiro atoms. The molecule has 1 atom stereocenters. The van der Waals surface area contributed by atoms with Crippen molar-refractivity contribution in [3.8, 4) is 0 Å². The van der Waals surface area contributed by atoms with Gasteiger partial charge in [0.2, 0.25) is 0 Å². The topological polar surface area (TPSA) is 24.9 Å². The molecule has 0 saturated heterocycles. The number of aromatic nitrogens is 1. The summed E-state index contributed by atoms with van der Waals surface area (Å²) in [5, 5.41) is 5.82. The number of benzene rings is 2. The van der Waals surface area contributed by atoms with Gasteiger partial charge in [-0.1, -0.05) is 43.3 Å². The minimum atomic E-state index is -0.312. The number of hydrogen-bond acceptors (Lipinski definition) is 2. The van der Waals surface area contributed by atoms with Crippen LogP contribution < -0.4 is 5.32 Å². The monoisotopic (exact) mass is 280 g/mol. The summed E-state index contributed by atoms with van der Waals surface area (Å²) < 4.78 is 13.1. The number of halogens is 1. The Bertz CT molecular complexity index is 738. The molecule has 0 amide bonds. The predicted molar refractivity (Wildman–Crippen MR) is 83.7 cm³/mol. The van der Waals surface area contributed by atoms with Gasteiger partial charge in [-0.3, -0.25) is 4.98 Å². The largest absolute Gasteiger partial charge is 0.305 e. The lowest BCUT2D eigenvalue weighted by Crippen LogP contribution is -2.22. The lowest BCUT2D eigenvalue weighted by atomic mass is 9.99. The zero-order valence-corrected chi connectivity index (χ0v) is 11.9. The van der Waals surface area contributed by atoms with Crippen molar-refractivity contribution in [1.29, 1.82) is 0 Å². The molecule has 0 aliphatic heterocycles. The first-order chi connectivity index (χ1) is 10.3. The Labute approximate surface area is 123 Å². The molecule has 0 bridgehead atoms. The number of fused-ring (bicyclic) bond motifs is 1. The SMILES string of the molecule is CCNC(c1ccc2ccccc2c1)c1ccc(F)cn1. The summed E-state index contributed by atoms with van der Waals surface area (Å²) in [5.41, 5.74) is 1.96. The van der Waals surface area contributed by atoms with Crippen molar-refractivity contribution >= 4 is 10.8 Å². The third-order valence-electron chi connectivity index (χ3n) is 3.56. The van der Waals surface area contributed by atoms with Crippen molar-refractivity contribution in [1.82, 2.24) is 10.3 Å². The molecule has 2 nitrogen and oxygen atoms in total. The molecule has 3 heteroatoms. The van der Waals surface area contributed by atoms with Crippen molar-refractivity contribution in [3.05, 3.63) is 77.9 Å². The van der Waals surface area contributed by atoms with Crippen LogP contribution in [0.2, 0.25) is 0 Å². The third-order valence-corrected chi connectivity index (χ3v) is 3.56. The molecule has 3 rings (SSSR count). The number of rotatable bonds is 4. The molecule has 1 N–H and O–H groups in total. The zero-order chi connectivity index (χ0) is 14.7. The van der Waals surface area contributed by atoms with Crippen LogP contribution in [0.4, 0.5) is 4.39 Å². The molecule has 21 heavy (non-hydrogen) atoms. The molecule has 3 aromatic rings. The Morgan fingerprint density at radius 2 is 1.86 bits per heavy atom. The lowest BCUT2D eigenvalue weighted by molar-refractivity contribution is 0.595. The zero-order valence-electron chi connectivity index (χ0n) is 11.9. The Kier molecular flexibility index (Phi) is 3.93. The third kappa shape index (κ3) is 2.93. The average molecular weight is 280 g/mol. The summed E-state index contributed by atoms with van der Waals surface area (Å²) >= 11 is 0. The van der Waals surface area contributed by atoms with E-state index >= 15 is 0 Å². The summed E-state index contributed by atoms with van der Waals surface area (Å²) in [6.45, 7) is 2.87. The fourth-order valence-corrected chi connectivity index (χ4v) is 2.54. The van der Waals surface area contributed by atoms with Gasteiger partial charge in [0.15, 0.2) is 0 Å². The molecular weight excluding hydrogens is 263 g/mol. The average Bonchev–Trinajstić information content (AvgIpc) is 2.53. The molecule has 2 aromatic carbocycles. The molecule has 1 heterocycles. The van der Waals surface area contributed by atoms with E-state index < -0.39 is 0 Å². The van der Waals surface area contributed by atoms with E-state index in [4.69, 9.17) is 0 Å². The predicted octanol–water partition coefficient (Wildman–Crippen LogP) is 4.07. The van der Waals surface area contributed by atoms with Crippen LogP contribution in [-0.2, 0) is 0 Å². The lowest BCUT2D eigenvalue weighted by Gasteiger charge is -2.18. The minimum Gasteiger partial charge on any atom is -0.305 e. The van der Waals surface area contributed by atoms with E-state index in [1.807, 2.05) is 12.1 Å². The van der Waals surface area contributed by atoms with Crippen LogP contribution in [0.3, 0.4) is 0 Å². The highest BCUT2D eigenvalue weighted by Crippen LogP contribution is 2.24. The van der Waals surface area contributed by atoms with Gasteiger partial charge in [0.25, 0.3) is 0 Å². The quantitative estimate of drug-likeness (QED) is 0.779. The maximum atomic E-state index is 13.1. The minimum absolute atomic E-state index is 0.0276. The number of nitrogens with one attached hydrogen (secondary N) is 1. The summed E-state index contributed by atoms with van der Waals surface area (Å²) in [4.78, 5) is 4.22. The van der Waals surface area contributed by atoms with Gasteiger partial charge in [-0.15, -0.1) is 0 Å². The van der Waals surface area contributed by atoms with Crippen molar-refractivity contribution in [2.24, 2.45) is 0 Å². The summed E-state index contributed by atoms with van der Waals surface area (Å²) in [6.07, 6.45) is 1.26. The normalized spacial score (nSPS) is 12.5. The van der Waals surface area contributed by atoms with Crippen LogP contribution >= 0.6 is 0 Å². The van der Waals surface area contributed by atoms with E-state index in [9.17, 15) is 4.39 Å². The summed E-state index contributed by atoms with van der Waals surface area (Å²) in [7, 11) is 0. The first-order valence-corrected chi connectivity index (χ1v) is 7.11. The van der Waals surface area contributed by atoms with Crippen LogP contribution in [0.25, 0.3) is 10.8 Å². The Morgan fingerprint density at radius 3 is 2.57 bits per heavy atom. The molecule has 0 saturated carbocycles. The second kappa shape index (κ2) is 6.02. The summed E-state index contributed by atoms with van der Waals surface area (Å²) in [5.74, 6) is -0.312. The van der Waals surface area contributed by atoms with E-state index in [-0.39, 0.29) is 11.9 Å². The van der Waals surface area contributed by atoms with E-state index in [0.29, 0.717) is 0 Å². The number of nitrogens with zero attached hydrogens (tertiary/aromatic N) is 1. The second-order valence-corrected chi connectivity index (χ2v) is 5.00. The van der Waals surface area contributed by atoms with Crippen LogP contribution in [-0.4, -0.2) is 11.5 Å². The molecule has 106 valence electrons. The first kappa shape index (κ1) is 13.7. The molecule has 1 aromatic heterocycles. The van der Waals surface area contributed by atoms with E-state index in [0.717, 1.165) is 17.8 Å². The molecule has 0 aliphatic rings. The first-order valence-electron chi connectivity index (χ1n) is 7.11. The second-order valence-electron chi connectivity index (χ2n) is 5.00. The van der Waals surface area contributed by atoms with Gasteiger partial charge in [-0.25, -0.2) is 4.39 Å². The number of hydrogen-bond donors (Lipinski definition) is 1. The Balaban J connectivity index is 2.04. The molecule has 1 unspecified atom stereocenters. The Hall–Kier alpha value is -2.26. The maximum absolute atomic E-state index is 13.1. The number of pyridine rings is 1. The van der Waals surface area contributed by atoms with Crippen molar-refractivity contribution < 1.29 is 4.39 Å². The Morgan fingerprint density at radius 1 is 1.05 bits per heavy atom. The highest BCUT2D eigenvalue weighted by atomic mass is 19.1. The van der Waals surface area contributed by atoms with Crippen molar-refractivity contribution in [2.45, 2.75) is 13.0 Å². The van der Waals surface area contributed by atoms with Crippen LogP contribution in [0.5, 0.6) is 0 Å². The van der Waals surface area contributed by atoms with Crippen LogP contribution in [0, 0.1) is 5.82 Å². The van der Waals surface area contributed by atoms with E-state index in [1.165, 1.54) is 23.0 Å². The van der Waals surface area contributed by atoms with E-state index in [1.54, 1.807) is 6.07 Å². The van der Waals surface area contributed by atoms with Crippen molar-refractivity contribution in [2.75, 3.05) is 6.54 Å². The van der Waals surface area contributed by atoms with Crippen LogP contribution in [0.1, 0.15) is 24.2 Å². The van der Waals surface area contributed by atoms with Gasteiger partial charge in [0.05, 0.1) is 17.9 Å². The maximum Gasteiger partial charge on any atom is 0.141 e. The van der Waals surface area contributed by atoms with Gasteiger partial charge >= 0.3 is 0 Å². The molecular formula is C18H17FN2. The van der Waals surface area contributed by atoms with Crippen LogP contribution in [0.15, 0.2) is 60.8 Å². The van der Waals surface area contributed by atoms with Gasteiger partial charge in [-0.2, -0.15) is 0 Å². The van der Waals surface area contributed by atoms with Gasteiger partial charge in [-0.05, 0) is 41.1 Å². The summed E-state index contributed by atoms with van der Waals surface area (Å²) in [6, 6.07) is 17.8. The molecule has 0 aliphatic carbocycles. The van der Waals surface area contributed by atoms with Gasteiger partial charge < -0.3 is 5.32 Å². The standard InChI is InChI=1S/C18H17FN2/c1-2-20-18(17-10-9-16(19)12-21-17)15-8-7-13-5-3-4-6-14(13)11-15/h3-12,18,20H,2H2,1H3. The smallest absolute Gasteiger partial charge is 0.141 e. The highest BCUT2D eigenvalue weighted by Gasteiger charge is 2.14. The van der Waals surface area contributed by atoms with Gasteiger partial charge in [0, 0.05) is 0 Å². The highest BCUT2D eigenvalue weighted by molar-refractivity contribution is 5.83. The van der Waals surface area contributed by atoms with Crippen molar-refractivity contribution in [3.63, 3.8) is 0 Å².